The molecule has 0 N–H and O–H groups in total. The van der Waals surface area contributed by atoms with E-state index in [9.17, 15) is 0 Å². The fourth-order valence-electron chi connectivity index (χ4n) is 17.1. The third-order valence-corrected chi connectivity index (χ3v) is 22.9. The molecule has 4 aliphatic heterocycles. The molecule has 4 aliphatic rings. The number of nitrogens with zero attached hydrogens (tertiary/aromatic N) is 2. The fraction of sp³-hybridized carbons (Fsp3) is 0.0426. The summed E-state index contributed by atoms with van der Waals surface area (Å²) in [5.74, 6) is 3.11. The molecule has 17 aromatic rings. The van der Waals surface area contributed by atoms with Gasteiger partial charge < -0.3 is 23.7 Å². The molecule has 15 aromatic carbocycles. The van der Waals surface area contributed by atoms with E-state index in [-0.39, 0.29) is 12.1 Å². The maximum atomic E-state index is 8.17. The van der Waals surface area contributed by atoms with Crippen LogP contribution in [0.1, 0.15) is 26.3 Å². The van der Waals surface area contributed by atoms with Gasteiger partial charge in [-0.3, -0.25) is 0 Å². The van der Waals surface area contributed by atoms with Gasteiger partial charge in [0, 0.05) is 77.3 Å². The Morgan fingerprint density at radius 1 is 0.324 bits per heavy atom. The average molecular weight is 1320 g/mol. The van der Waals surface area contributed by atoms with Gasteiger partial charge in [-0.2, -0.15) is 0 Å². The van der Waals surface area contributed by atoms with Gasteiger partial charge in [-0.15, -0.1) is 11.3 Å². The first-order valence-electron chi connectivity index (χ1n) is 35.3. The molecule has 0 bridgehead atoms. The van der Waals surface area contributed by atoms with Gasteiger partial charge in [0.15, 0.2) is 0 Å². The zero-order chi connectivity index (χ0) is 67.5. The Morgan fingerprint density at radius 2 is 0.824 bits per heavy atom. The Hall–Kier alpha value is -12.4. The normalized spacial score (nSPS) is 13.1. The van der Waals surface area contributed by atoms with Crippen molar-refractivity contribution >= 4 is 134 Å². The van der Waals surface area contributed by atoms with E-state index in [1.807, 2.05) is 11.3 Å². The maximum Gasteiger partial charge on any atom is 0.260 e. The first kappa shape index (κ1) is 58.6. The van der Waals surface area contributed by atoms with Crippen LogP contribution in [0.2, 0.25) is 0 Å². The molecule has 0 amide bonds. The molecule has 0 saturated carbocycles. The molecule has 0 spiro atoms. The van der Waals surface area contributed by atoms with Crippen LogP contribution < -0.4 is 52.1 Å². The fourth-order valence-corrected chi connectivity index (χ4v) is 18.4. The standard InChI is InChI=1S/C94H62B2N2O3S/c1-94(2,3)64-53-76-84-77(54-64)98(88-67(60-34-16-7-17-35-60)44-27-45-68(88)61-36-18-8-19-37-61)89-73(50-49-70-69-40-23-25-47-82(69)102-93(70)89)96(84)85-78(97(76)87-65(58-30-12-5-13-31-58)42-26-43-66(87)59-32-14-6-15-33-59)56-81-86-92(85)100-80-51-48-63(57-28-10-4-11-29-57)52-74(80)95(86)75-55-72(62-38-20-9-21-39-62)90-83(91(75)101-81)71-41-22-24-46-79(71)99-90/h4-56H,1-3H3. The topological polar surface area (TPSA) is 38.1 Å². The zero-order valence-electron chi connectivity index (χ0n) is 56.3. The van der Waals surface area contributed by atoms with Crippen LogP contribution in [0.3, 0.4) is 0 Å². The number of anilines is 6. The van der Waals surface area contributed by atoms with Crippen LogP contribution in [-0.4, -0.2) is 13.4 Å². The van der Waals surface area contributed by atoms with Crippen LogP contribution in [0.25, 0.3) is 109 Å². The number of para-hydroxylation sites is 3. The van der Waals surface area contributed by atoms with Crippen molar-refractivity contribution in [1.82, 2.24) is 0 Å². The summed E-state index contributed by atoms with van der Waals surface area (Å²) in [7, 11) is 0. The Morgan fingerprint density at radius 3 is 1.41 bits per heavy atom. The van der Waals surface area contributed by atoms with Crippen LogP contribution in [0.15, 0.2) is 326 Å². The van der Waals surface area contributed by atoms with E-state index in [1.54, 1.807) is 0 Å². The van der Waals surface area contributed by atoms with E-state index >= 15 is 0 Å². The summed E-state index contributed by atoms with van der Waals surface area (Å²) in [6.07, 6.45) is 0. The second-order valence-electron chi connectivity index (χ2n) is 28.4. The molecule has 0 aliphatic carbocycles. The van der Waals surface area contributed by atoms with Gasteiger partial charge in [0.2, 0.25) is 0 Å². The SMILES string of the molecule is CC(C)(C)c1cc2c3c(c1)N(c1c(-c4ccccc4)cccc1-c1ccccc1)c1c(ccc4c1sc1ccccc14)B3c1c(cc3c4c1Oc1ccc(-c5ccccc5)cc1B4c1cc(-c4ccccc4)c4oc5ccccc5c4c1O3)N2c1c(-c2ccccc2)cccc1-c1ccccc1. The monoisotopic (exact) mass is 1320 g/mol. The first-order valence-corrected chi connectivity index (χ1v) is 36.1. The average Bonchev–Trinajstić information content (AvgIpc) is 0.876. The third kappa shape index (κ3) is 8.79. The van der Waals surface area contributed by atoms with Gasteiger partial charge in [-0.25, -0.2) is 0 Å². The quantitative estimate of drug-likeness (QED) is 0.142. The minimum absolute atomic E-state index is 0.352. The molecule has 0 saturated heterocycles. The molecule has 2 aromatic heterocycles. The zero-order valence-corrected chi connectivity index (χ0v) is 57.1. The molecule has 6 heterocycles. The van der Waals surface area contributed by atoms with Gasteiger partial charge in [0.25, 0.3) is 13.4 Å². The van der Waals surface area contributed by atoms with Crippen molar-refractivity contribution in [1.29, 1.82) is 0 Å². The summed E-state index contributed by atoms with van der Waals surface area (Å²) < 4.78 is 25.8. The highest BCUT2D eigenvalue weighted by molar-refractivity contribution is 7.26. The number of ether oxygens (including phenoxy) is 2. The number of hydrogen-bond donors (Lipinski definition) is 0. The maximum absolute atomic E-state index is 8.17. The Labute approximate surface area is 596 Å². The number of benzene rings is 15. The van der Waals surface area contributed by atoms with Crippen molar-refractivity contribution < 1.29 is 13.9 Å². The first-order chi connectivity index (χ1) is 50.3. The lowest BCUT2D eigenvalue weighted by Gasteiger charge is -2.48. The van der Waals surface area contributed by atoms with Gasteiger partial charge in [-0.1, -0.05) is 306 Å². The van der Waals surface area contributed by atoms with E-state index in [2.05, 4.69) is 352 Å². The van der Waals surface area contributed by atoms with Crippen molar-refractivity contribution in [2.24, 2.45) is 0 Å². The highest BCUT2D eigenvalue weighted by atomic mass is 32.1. The van der Waals surface area contributed by atoms with Gasteiger partial charge in [-0.05, 0) is 108 Å². The van der Waals surface area contributed by atoms with Crippen LogP contribution in [-0.2, 0) is 5.41 Å². The molecule has 8 heteroatoms. The lowest BCUT2D eigenvalue weighted by atomic mass is 9.30. The molecule has 0 fully saturated rings. The van der Waals surface area contributed by atoms with Gasteiger partial charge >= 0.3 is 0 Å². The van der Waals surface area contributed by atoms with Crippen molar-refractivity contribution in [3.05, 3.63) is 327 Å². The highest BCUT2D eigenvalue weighted by Crippen LogP contribution is 2.57. The summed E-state index contributed by atoms with van der Waals surface area (Å²) in [6.45, 7) is 6.33. The van der Waals surface area contributed by atoms with Crippen molar-refractivity contribution in [2.45, 2.75) is 26.2 Å². The van der Waals surface area contributed by atoms with Crippen LogP contribution in [0.4, 0.5) is 34.1 Å². The minimum atomic E-state index is -0.406. The van der Waals surface area contributed by atoms with Crippen molar-refractivity contribution in [3.8, 4) is 89.8 Å². The highest BCUT2D eigenvalue weighted by Gasteiger charge is 2.52. The summed E-state index contributed by atoms with van der Waals surface area (Å²) in [5, 5.41) is 4.40. The summed E-state index contributed by atoms with van der Waals surface area (Å²) in [6, 6.07) is 118. The second-order valence-corrected chi connectivity index (χ2v) is 29.5. The molecular weight excluding hydrogens is 1260 g/mol. The van der Waals surface area contributed by atoms with E-state index in [0.717, 1.165) is 168 Å². The number of thiophene rings is 1. The molecule has 21 rings (SSSR count). The predicted molar refractivity (Wildman–Crippen MR) is 430 cm³/mol. The van der Waals surface area contributed by atoms with E-state index in [1.165, 1.54) is 36.7 Å². The van der Waals surface area contributed by atoms with Crippen molar-refractivity contribution in [2.75, 3.05) is 9.80 Å². The third-order valence-electron chi connectivity index (χ3n) is 21.7. The summed E-state index contributed by atoms with van der Waals surface area (Å²) >= 11 is 1.89. The molecule has 0 unspecified atom stereocenters. The Balaban J connectivity index is 0.959. The largest absolute Gasteiger partial charge is 0.459 e. The molecule has 5 nitrogen and oxygen atoms in total. The number of furan rings is 1. The Kier molecular flexibility index (Phi) is 13.0. The predicted octanol–water partition coefficient (Wildman–Crippen LogP) is 22.1. The lowest BCUT2D eigenvalue weighted by Crippen LogP contribution is -2.65. The molecule has 0 atom stereocenters. The van der Waals surface area contributed by atoms with Gasteiger partial charge in [0.1, 0.15) is 34.2 Å². The number of hydrogen-bond acceptors (Lipinski definition) is 6. The van der Waals surface area contributed by atoms with Crippen LogP contribution in [0.5, 0.6) is 23.0 Å². The van der Waals surface area contributed by atoms with Gasteiger partial charge in [0.05, 0.1) is 27.1 Å². The number of rotatable bonds is 8. The summed E-state index contributed by atoms with van der Waals surface area (Å²) in [5.41, 5.74) is 28.7. The van der Waals surface area contributed by atoms with E-state index < -0.39 is 6.71 Å². The Bertz CT molecular complexity index is 6190. The summed E-state index contributed by atoms with van der Waals surface area (Å²) in [4.78, 5) is 5.35. The molecule has 102 heavy (non-hydrogen) atoms. The van der Waals surface area contributed by atoms with E-state index in [0.29, 0.717) is 0 Å². The second kappa shape index (κ2) is 22.6. The van der Waals surface area contributed by atoms with Crippen LogP contribution >= 0.6 is 11.3 Å². The van der Waals surface area contributed by atoms with E-state index in [4.69, 9.17) is 13.9 Å². The van der Waals surface area contributed by atoms with Crippen LogP contribution in [0, 0.1) is 0 Å². The molecule has 0 radical (unpaired) electrons. The smallest absolute Gasteiger partial charge is 0.260 e. The number of fused-ring (bicyclic) bond motifs is 17. The minimum Gasteiger partial charge on any atom is -0.459 e. The molecular formula is C94H62B2N2O3S. The van der Waals surface area contributed by atoms with Crippen molar-refractivity contribution in [3.63, 3.8) is 0 Å². The molecule has 478 valence electrons. The lowest BCUT2D eigenvalue weighted by molar-refractivity contribution is 0.469.